The molecule has 1 heterocycles. The molecular weight excluding hydrogens is 279 g/mol. The fourth-order valence-electron chi connectivity index (χ4n) is 2.63. The van der Waals surface area contributed by atoms with Gasteiger partial charge in [0.2, 0.25) is 0 Å². The minimum atomic E-state index is -0.755. The van der Waals surface area contributed by atoms with Gasteiger partial charge in [-0.05, 0) is 31.2 Å². The highest BCUT2D eigenvalue weighted by Gasteiger charge is 2.27. The van der Waals surface area contributed by atoms with Gasteiger partial charge in [-0.3, -0.25) is 14.9 Å². The van der Waals surface area contributed by atoms with Gasteiger partial charge in [0.15, 0.2) is 0 Å². The molecule has 1 saturated heterocycles. The van der Waals surface area contributed by atoms with E-state index in [0.717, 1.165) is 31.0 Å². The van der Waals surface area contributed by atoms with Crippen molar-refractivity contribution in [2.75, 3.05) is 19.7 Å². The molecule has 0 saturated carbocycles. The first kappa shape index (κ1) is 15.4. The molecule has 1 fully saturated rings. The number of likely N-dealkylation sites (tertiary alicyclic amines) is 1. The highest BCUT2D eigenvalue weighted by atomic mass is 19.1. The number of rotatable bonds is 4. The van der Waals surface area contributed by atoms with Crippen LogP contribution in [0.15, 0.2) is 18.2 Å². The zero-order valence-electron chi connectivity index (χ0n) is 11.5. The van der Waals surface area contributed by atoms with Crippen LogP contribution in [0.4, 0.5) is 10.1 Å². The number of carbonyl (C=O) groups excluding carboxylic acids is 1. The smallest absolute Gasteiger partial charge is 0.270 e. The number of amides is 1. The molecule has 21 heavy (non-hydrogen) atoms. The Balaban J connectivity index is 2.19. The van der Waals surface area contributed by atoms with Gasteiger partial charge in [-0.25, -0.2) is 4.39 Å². The van der Waals surface area contributed by atoms with Crippen LogP contribution in [0.3, 0.4) is 0 Å². The average Bonchev–Trinajstić information content (AvgIpc) is 2.47. The van der Waals surface area contributed by atoms with Crippen molar-refractivity contribution in [1.29, 1.82) is 0 Å². The number of aliphatic hydroxyl groups excluding tert-OH is 1. The first-order valence-corrected chi connectivity index (χ1v) is 6.87. The van der Waals surface area contributed by atoms with E-state index in [2.05, 4.69) is 0 Å². The molecule has 0 spiro atoms. The van der Waals surface area contributed by atoms with Crippen molar-refractivity contribution in [2.45, 2.75) is 19.3 Å². The zero-order chi connectivity index (χ0) is 15.4. The molecule has 1 N–H and O–H groups in total. The Bertz CT molecular complexity index is 548. The SMILES string of the molecule is O=C(c1cc([N+](=O)[O-])ccc1F)N1CCCC(CCO)C1. The molecule has 114 valence electrons. The summed E-state index contributed by atoms with van der Waals surface area (Å²) >= 11 is 0. The van der Waals surface area contributed by atoms with E-state index in [9.17, 15) is 19.3 Å². The third kappa shape index (κ3) is 3.55. The lowest BCUT2D eigenvalue weighted by Gasteiger charge is -2.32. The number of nitro groups is 1. The Labute approximate surface area is 121 Å². The van der Waals surface area contributed by atoms with E-state index in [0.29, 0.717) is 19.5 Å². The lowest BCUT2D eigenvalue weighted by Crippen LogP contribution is -2.40. The monoisotopic (exact) mass is 296 g/mol. The van der Waals surface area contributed by atoms with Gasteiger partial charge in [-0.15, -0.1) is 0 Å². The molecule has 1 amide bonds. The van der Waals surface area contributed by atoms with Gasteiger partial charge in [0.1, 0.15) is 5.82 Å². The molecule has 0 aromatic heterocycles. The predicted molar refractivity (Wildman–Crippen MR) is 73.4 cm³/mol. The average molecular weight is 296 g/mol. The molecule has 2 rings (SSSR count). The van der Waals surface area contributed by atoms with Gasteiger partial charge in [0.25, 0.3) is 11.6 Å². The van der Waals surface area contributed by atoms with Gasteiger partial charge in [0.05, 0.1) is 10.5 Å². The molecule has 1 atom stereocenters. The summed E-state index contributed by atoms with van der Waals surface area (Å²) in [5.41, 5.74) is -0.572. The van der Waals surface area contributed by atoms with Crippen LogP contribution >= 0.6 is 0 Å². The van der Waals surface area contributed by atoms with Gasteiger partial charge in [-0.2, -0.15) is 0 Å². The summed E-state index contributed by atoms with van der Waals surface area (Å²) in [6.07, 6.45) is 2.30. The molecule has 0 bridgehead atoms. The predicted octanol–water partition coefficient (Wildman–Crippen LogP) is 1.97. The fourth-order valence-corrected chi connectivity index (χ4v) is 2.63. The number of hydrogen-bond donors (Lipinski definition) is 1. The van der Waals surface area contributed by atoms with Crippen LogP contribution < -0.4 is 0 Å². The second-order valence-electron chi connectivity index (χ2n) is 5.19. The molecule has 0 radical (unpaired) electrons. The summed E-state index contributed by atoms with van der Waals surface area (Å²) in [6, 6.07) is 2.96. The molecule has 0 aliphatic carbocycles. The number of aliphatic hydroxyl groups is 1. The number of hydrogen-bond acceptors (Lipinski definition) is 4. The number of benzene rings is 1. The normalized spacial score (nSPS) is 18.6. The van der Waals surface area contributed by atoms with Crippen LogP contribution in [0, 0.1) is 21.8 Å². The third-order valence-corrected chi connectivity index (χ3v) is 3.73. The Hall–Kier alpha value is -2.02. The Kier molecular flexibility index (Phi) is 4.85. The molecule has 1 aromatic rings. The maximum absolute atomic E-state index is 13.8. The molecule has 7 heteroatoms. The Morgan fingerprint density at radius 2 is 2.29 bits per heavy atom. The summed E-state index contributed by atoms with van der Waals surface area (Å²) in [7, 11) is 0. The highest BCUT2D eigenvalue weighted by Crippen LogP contribution is 2.23. The van der Waals surface area contributed by atoms with E-state index in [1.165, 1.54) is 4.90 Å². The van der Waals surface area contributed by atoms with Crippen LogP contribution in [0.25, 0.3) is 0 Å². The van der Waals surface area contributed by atoms with Crippen LogP contribution in [-0.2, 0) is 0 Å². The quantitative estimate of drug-likeness (QED) is 0.680. The highest BCUT2D eigenvalue weighted by molar-refractivity contribution is 5.95. The molecule has 6 nitrogen and oxygen atoms in total. The van der Waals surface area contributed by atoms with E-state index >= 15 is 0 Å². The standard InChI is InChI=1S/C14H17FN2O4/c15-13-4-3-11(17(20)21)8-12(13)14(19)16-6-1-2-10(9-16)5-7-18/h3-4,8,10,18H,1-2,5-7,9H2. The summed E-state index contributed by atoms with van der Waals surface area (Å²) in [5.74, 6) is -1.09. The third-order valence-electron chi connectivity index (χ3n) is 3.73. The van der Waals surface area contributed by atoms with Crippen molar-refractivity contribution in [3.05, 3.63) is 39.7 Å². The van der Waals surface area contributed by atoms with Crippen molar-refractivity contribution in [3.8, 4) is 0 Å². The maximum Gasteiger partial charge on any atom is 0.270 e. The first-order chi connectivity index (χ1) is 10.0. The van der Waals surface area contributed by atoms with Gasteiger partial charge in [-0.1, -0.05) is 0 Å². The molecular formula is C14H17FN2O4. The van der Waals surface area contributed by atoms with Crippen molar-refractivity contribution in [2.24, 2.45) is 5.92 Å². The van der Waals surface area contributed by atoms with Crippen molar-refractivity contribution < 1.29 is 19.2 Å². The molecule has 1 aliphatic rings. The number of non-ortho nitro benzene ring substituents is 1. The van der Waals surface area contributed by atoms with Gasteiger partial charge < -0.3 is 10.0 Å². The lowest BCUT2D eigenvalue weighted by molar-refractivity contribution is -0.384. The molecule has 1 aliphatic heterocycles. The maximum atomic E-state index is 13.8. The number of halogens is 1. The largest absolute Gasteiger partial charge is 0.396 e. The summed E-state index contributed by atoms with van der Waals surface area (Å²) in [6.45, 7) is 1.00. The van der Waals surface area contributed by atoms with Crippen LogP contribution in [0.1, 0.15) is 29.6 Å². The van der Waals surface area contributed by atoms with Crippen LogP contribution in [0.5, 0.6) is 0 Å². The summed E-state index contributed by atoms with van der Waals surface area (Å²) in [5, 5.41) is 19.7. The fraction of sp³-hybridized carbons (Fsp3) is 0.500. The van der Waals surface area contributed by atoms with E-state index < -0.39 is 16.6 Å². The summed E-state index contributed by atoms with van der Waals surface area (Å²) in [4.78, 5) is 23.9. The second kappa shape index (κ2) is 6.62. The molecule has 1 aromatic carbocycles. The van der Waals surface area contributed by atoms with E-state index in [1.54, 1.807) is 0 Å². The van der Waals surface area contributed by atoms with Crippen LogP contribution in [0.2, 0.25) is 0 Å². The lowest BCUT2D eigenvalue weighted by atomic mass is 9.94. The second-order valence-corrected chi connectivity index (χ2v) is 5.19. The minimum Gasteiger partial charge on any atom is -0.396 e. The van der Waals surface area contributed by atoms with E-state index in [4.69, 9.17) is 5.11 Å². The minimum absolute atomic E-state index is 0.0534. The Morgan fingerprint density at radius 1 is 1.52 bits per heavy atom. The van der Waals surface area contributed by atoms with Crippen molar-refractivity contribution in [1.82, 2.24) is 4.90 Å². The van der Waals surface area contributed by atoms with E-state index in [1.807, 2.05) is 0 Å². The molecule has 1 unspecified atom stereocenters. The number of nitro benzene ring substituents is 1. The number of piperidine rings is 1. The van der Waals surface area contributed by atoms with Gasteiger partial charge in [0, 0.05) is 31.8 Å². The number of carbonyl (C=O) groups is 1. The summed E-state index contributed by atoms with van der Waals surface area (Å²) < 4.78 is 13.8. The topological polar surface area (TPSA) is 83.7 Å². The number of nitrogens with zero attached hydrogens (tertiary/aromatic N) is 2. The first-order valence-electron chi connectivity index (χ1n) is 6.87. The van der Waals surface area contributed by atoms with Crippen LogP contribution in [-0.4, -0.2) is 40.5 Å². The van der Waals surface area contributed by atoms with Crippen molar-refractivity contribution in [3.63, 3.8) is 0 Å². The zero-order valence-corrected chi connectivity index (χ0v) is 11.5. The Morgan fingerprint density at radius 3 is 2.95 bits per heavy atom. The van der Waals surface area contributed by atoms with Crippen molar-refractivity contribution >= 4 is 11.6 Å². The van der Waals surface area contributed by atoms with Gasteiger partial charge >= 0.3 is 0 Å². The van der Waals surface area contributed by atoms with E-state index in [-0.39, 0.29) is 23.8 Å².